The number of carbonyl (C=O) groups is 2. The number of halogens is 1. The number of carbonyl (C=O) groups excluding carboxylic acids is 2. The summed E-state index contributed by atoms with van der Waals surface area (Å²) in [6, 6.07) is 1.54. The fourth-order valence-electron chi connectivity index (χ4n) is 1.76. The average molecular weight is 239 g/mol. The molecule has 1 aromatic rings. The summed E-state index contributed by atoms with van der Waals surface area (Å²) in [5.74, 6) is -0.281. The Morgan fingerprint density at radius 3 is 2.94 bits per heavy atom. The number of imide groups is 1. The van der Waals surface area contributed by atoms with E-state index in [1.165, 1.54) is 17.3 Å². The molecule has 16 heavy (non-hydrogen) atoms. The maximum absolute atomic E-state index is 12.0. The molecule has 1 aromatic heterocycles. The van der Waals surface area contributed by atoms with Crippen molar-refractivity contribution in [1.82, 2.24) is 9.88 Å². The molecule has 0 saturated carbocycles. The second kappa shape index (κ2) is 4.22. The molecule has 2 rings (SSSR count). The lowest BCUT2D eigenvalue weighted by molar-refractivity contribution is -0.125. The molecule has 0 radical (unpaired) electrons. The lowest BCUT2D eigenvalue weighted by atomic mass is 10.2. The van der Waals surface area contributed by atoms with Crippen molar-refractivity contribution in [2.24, 2.45) is 5.92 Å². The zero-order chi connectivity index (χ0) is 11.7. The van der Waals surface area contributed by atoms with Crippen LogP contribution >= 0.6 is 11.6 Å². The van der Waals surface area contributed by atoms with E-state index in [1.54, 1.807) is 6.07 Å². The van der Waals surface area contributed by atoms with Crippen LogP contribution in [0.1, 0.15) is 23.7 Å². The first-order chi connectivity index (χ1) is 7.59. The van der Waals surface area contributed by atoms with Gasteiger partial charge in [-0.1, -0.05) is 18.5 Å². The maximum atomic E-state index is 12.0. The van der Waals surface area contributed by atoms with Gasteiger partial charge in [0.15, 0.2) is 0 Å². The highest BCUT2D eigenvalue weighted by Gasteiger charge is 2.32. The van der Waals surface area contributed by atoms with Gasteiger partial charge >= 0.3 is 0 Å². The molecule has 0 N–H and O–H groups in total. The van der Waals surface area contributed by atoms with E-state index in [0.29, 0.717) is 18.0 Å². The summed E-state index contributed by atoms with van der Waals surface area (Å²) >= 11 is 5.88. The molecule has 2 amide bonds. The number of nitrogens with zero attached hydrogens (tertiary/aromatic N) is 2. The first kappa shape index (κ1) is 11.1. The third-order valence-electron chi connectivity index (χ3n) is 2.56. The lowest BCUT2D eigenvalue weighted by Crippen LogP contribution is -2.32. The van der Waals surface area contributed by atoms with Gasteiger partial charge in [-0.25, -0.2) is 0 Å². The summed E-state index contributed by atoms with van der Waals surface area (Å²) in [7, 11) is 0. The van der Waals surface area contributed by atoms with E-state index in [-0.39, 0.29) is 23.3 Å². The summed E-state index contributed by atoms with van der Waals surface area (Å²) in [5.41, 5.74) is 0.284. The van der Waals surface area contributed by atoms with Gasteiger partial charge in [0, 0.05) is 25.4 Å². The van der Waals surface area contributed by atoms with Crippen molar-refractivity contribution in [3.8, 4) is 0 Å². The van der Waals surface area contributed by atoms with Crippen molar-refractivity contribution in [3.63, 3.8) is 0 Å². The van der Waals surface area contributed by atoms with Gasteiger partial charge in [0.25, 0.3) is 5.91 Å². The number of aromatic nitrogens is 1. The van der Waals surface area contributed by atoms with Crippen molar-refractivity contribution in [2.75, 3.05) is 6.54 Å². The zero-order valence-electron chi connectivity index (χ0n) is 8.81. The van der Waals surface area contributed by atoms with Gasteiger partial charge in [-0.05, 0) is 12.0 Å². The molecular formula is C11H11ClN2O2. The van der Waals surface area contributed by atoms with E-state index >= 15 is 0 Å². The molecule has 4 nitrogen and oxygen atoms in total. The molecule has 2 heterocycles. The Morgan fingerprint density at radius 1 is 1.62 bits per heavy atom. The standard InChI is InChI=1S/C11H11ClN2O2/c1-7-4-10(15)14(6-7)11(16)8-5-13-3-2-9(8)12/h2-3,5,7H,4,6H2,1H3. The molecule has 84 valence electrons. The van der Waals surface area contributed by atoms with Gasteiger partial charge in [-0.2, -0.15) is 0 Å². The number of pyridine rings is 1. The van der Waals surface area contributed by atoms with Gasteiger partial charge in [0.2, 0.25) is 5.91 Å². The van der Waals surface area contributed by atoms with Crippen LogP contribution in [0.4, 0.5) is 0 Å². The van der Waals surface area contributed by atoms with Crippen LogP contribution in [0.3, 0.4) is 0 Å². The molecule has 1 aliphatic rings. The van der Waals surface area contributed by atoms with Gasteiger partial charge < -0.3 is 0 Å². The van der Waals surface area contributed by atoms with Crippen molar-refractivity contribution in [3.05, 3.63) is 29.0 Å². The molecule has 0 spiro atoms. The topological polar surface area (TPSA) is 50.3 Å². The molecule has 5 heteroatoms. The Kier molecular flexibility index (Phi) is 2.92. The van der Waals surface area contributed by atoms with Crippen LogP contribution in [-0.2, 0) is 4.79 Å². The second-order valence-electron chi connectivity index (χ2n) is 3.97. The molecular weight excluding hydrogens is 228 g/mol. The smallest absolute Gasteiger partial charge is 0.263 e. The Hall–Kier alpha value is -1.42. The largest absolute Gasteiger partial charge is 0.278 e. The SMILES string of the molecule is CC1CC(=O)N(C(=O)c2cnccc2Cl)C1. The minimum atomic E-state index is -0.354. The summed E-state index contributed by atoms with van der Waals surface area (Å²) in [5, 5.41) is 0.326. The van der Waals surface area contributed by atoms with E-state index in [4.69, 9.17) is 11.6 Å². The van der Waals surface area contributed by atoms with Gasteiger partial charge in [0.05, 0.1) is 10.6 Å². The molecule has 1 aliphatic heterocycles. The Balaban J connectivity index is 2.27. The molecule has 1 unspecified atom stereocenters. The highest BCUT2D eigenvalue weighted by molar-refractivity contribution is 6.34. The molecule has 1 fully saturated rings. The van der Waals surface area contributed by atoms with Crippen molar-refractivity contribution < 1.29 is 9.59 Å². The van der Waals surface area contributed by atoms with Gasteiger partial charge in [-0.15, -0.1) is 0 Å². The van der Waals surface area contributed by atoms with E-state index in [1.807, 2.05) is 6.92 Å². The normalized spacial score (nSPS) is 20.2. The van der Waals surface area contributed by atoms with Crippen LogP contribution in [0.15, 0.2) is 18.5 Å². The van der Waals surface area contributed by atoms with Crippen molar-refractivity contribution in [2.45, 2.75) is 13.3 Å². The van der Waals surface area contributed by atoms with E-state index in [2.05, 4.69) is 4.98 Å². The Morgan fingerprint density at radius 2 is 2.38 bits per heavy atom. The Labute approximate surface area is 98.2 Å². The van der Waals surface area contributed by atoms with Crippen LogP contribution in [0.2, 0.25) is 5.02 Å². The fraction of sp³-hybridized carbons (Fsp3) is 0.364. The lowest BCUT2D eigenvalue weighted by Gasteiger charge is -2.14. The monoisotopic (exact) mass is 238 g/mol. The van der Waals surface area contributed by atoms with Crippen LogP contribution in [0, 0.1) is 5.92 Å². The van der Waals surface area contributed by atoms with Crippen molar-refractivity contribution in [1.29, 1.82) is 0 Å². The summed E-state index contributed by atoms with van der Waals surface area (Å²) in [6.07, 6.45) is 3.32. The van der Waals surface area contributed by atoms with E-state index in [0.717, 1.165) is 0 Å². The summed E-state index contributed by atoms with van der Waals surface area (Å²) < 4.78 is 0. The number of hydrogen-bond acceptors (Lipinski definition) is 3. The van der Waals surface area contributed by atoms with Crippen molar-refractivity contribution >= 4 is 23.4 Å². The van der Waals surface area contributed by atoms with Crippen LogP contribution < -0.4 is 0 Å². The number of likely N-dealkylation sites (tertiary alicyclic amines) is 1. The summed E-state index contributed by atoms with van der Waals surface area (Å²) in [6.45, 7) is 2.40. The van der Waals surface area contributed by atoms with Crippen LogP contribution in [0.5, 0.6) is 0 Å². The van der Waals surface area contributed by atoms with Gasteiger partial charge in [-0.3, -0.25) is 19.5 Å². The minimum Gasteiger partial charge on any atom is -0.278 e. The quantitative estimate of drug-likeness (QED) is 0.701. The predicted molar refractivity (Wildman–Crippen MR) is 59.1 cm³/mol. The molecule has 1 saturated heterocycles. The second-order valence-corrected chi connectivity index (χ2v) is 4.38. The third kappa shape index (κ3) is 1.93. The van der Waals surface area contributed by atoms with E-state index in [9.17, 15) is 9.59 Å². The highest BCUT2D eigenvalue weighted by Crippen LogP contribution is 2.22. The molecule has 0 aliphatic carbocycles. The number of rotatable bonds is 1. The van der Waals surface area contributed by atoms with Crippen LogP contribution in [-0.4, -0.2) is 28.2 Å². The van der Waals surface area contributed by atoms with Crippen LogP contribution in [0.25, 0.3) is 0 Å². The average Bonchev–Trinajstić information content (AvgIpc) is 2.58. The maximum Gasteiger partial charge on any atom is 0.263 e. The number of amides is 2. The highest BCUT2D eigenvalue weighted by atomic mass is 35.5. The first-order valence-corrected chi connectivity index (χ1v) is 5.41. The van der Waals surface area contributed by atoms with E-state index < -0.39 is 0 Å². The molecule has 0 aromatic carbocycles. The predicted octanol–water partition coefficient (Wildman–Crippen LogP) is 1.74. The molecule has 0 bridgehead atoms. The zero-order valence-corrected chi connectivity index (χ0v) is 9.57. The minimum absolute atomic E-state index is 0.141. The fourth-order valence-corrected chi connectivity index (χ4v) is 1.95. The first-order valence-electron chi connectivity index (χ1n) is 5.04. The third-order valence-corrected chi connectivity index (χ3v) is 2.89. The van der Waals surface area contributed by atoms with Gasteiger partial charge in [0.1, 0.15) is 0 Å². The molecule has 1 atom stereocenters. The number of hydrogen-bond donors (Lipinski definition) is 0. The summed E-state index contributed by atoms with van der Waals surface area (Å²) in [4.78, 5) is 28.6. The Bertz CT molecular complexity index is 447.